The van der Waals surface area contributed by atoms with Crippen LogP contribution in [-0.2, 0) is 6.42 Å². The molecule has 94 valence electrons. The number of anilines is 1. The van der Waals surface area contributed by atoms with Crippen LogP contribution in [0.1, 0.15) is 51.5 Å². The van der Waals surface area contributed by atoms with Crippen molar-refractivity contribution in [3.63, 3.8) is 0 Å². The Hall–Kier alpha value is -0.980. The second kappa shape index (κ2) is 6.09. The van der Waals surface area contributed by atoms with E-state index < -0.39 is 0 Å². The molecule has 1 heteroatoms. The first-order valence-corrected chi connectivity index (χ1v) is 7.13. The molecule has 1 fully saturated rings. The van der Waals surface area contributed by atoms with Gasteiger partial charge in [-0.1, -0.05) is 32.4 Å². The van der Waals surface area contributed by atoms with Gasteiger partial charge in [0.15, 0.2) is 0 Å². The lowest BCUT2D eigenvalue weighted by Crippen LogP contribution is -2.15. The summed E-state index contributed by atoms with van der Waals surface area (Å²) in [5.41, 5.74) is 2.77. The average molecular weight is 231 g/mol. The maximum atomic E-state index is 3.65. The van der Waals surface area contributed by atoms with Gasteiger partial charge in [-0.3, -0.25) is 0 Å². The molecule has 1 aliphatic rings. The summed E-state index contributed by atoms with van der Waals surface area (Å²) in [5.74, 6) is 0.899. The molecule has 0 bridgehead atoms. The van der Waals surface area contributed by atoms with Gasteiger partial charge < -0.3 is 5.32 Å². The zero-order valence-electron chi connectivity index (χ0n) is 11.2. The average Bonchev–Trinajstić information content (AvgIpc) is 2.74. The van der Waals surface area contributed by atoms with E-state index in [-0.39, 0.29) is 0 Å². The van der Waals surface area contributed by atoms with Gasteiger partial charge in [0, 0.05) is 11.7 Å². The van der Waals surface area contributed by atoms with Gasteiger partial charge in [0.25, 0.3) is 0 Å². The van der Waals surface area contributed by atoms with Crippen LogP contribution in [0.3, 0.4) is 0 Å². The zero-order chi connectivity index (χ0) is 12.1. The summed E-state index contributed by atoms with van der Waals surface area (Å²) in [6, 6.07) is 9.74. The predicted molar refractivity (Wildman–Crippen MR) is 75.5 cm³/mol. The van der Waals surface area contributed by atoms with Crippen LogP contribution < -0.4 is 5.32 Å². The molecule has 1 nitrogen and oxygen atoms in total. The molecule has 0 aliphatic heterocycles. The molecule has 2 unspecified atom stereocenters. The molecule has 0 amide bonds. The number of rotatable bonds is 5. The first kappa shape index (κ1) is 12.5. The van der Waals surface area contributed by atoms with E-state index in [1.54, 1.807) is 0 Å². The van der Waals surface area contributed by atoms with E-state index in [2.05, 4.69) is 43.4 Å². The Morgan fingerprint density at radius 2 is 1.94 bits per heavy atom. The lowest BCUT2D eigenvalue weighted by atomic mass is 10.1. The Morgan fingerprint density at radius 1 is 1.18 bits per heavy atom. The summed E-state index contributed by atoms with van der Waals surface area (Å²) < 4.78 is 0. The SMILES string of the molecule is CCCCc1ccc(NC2CCC(C)C2)cc1. The lowest BCUT2D eigenvalue weighted by Gasteiger charge is -2.14. The van der Waals surface area contributed by atoms with Crippen molar-refractivity contribution in [2.24, 2.45) is 5.92 Å². The topological polar surface area (TPSA) is 12.0 Å². The van der Waals surface area contributed by atoms with Gasteiger partial charge in [-0.25, -0.2) is 0 Å². The molecule has 0 saturated heterocycles. The van der Waals surface area contributed by atoms with Crippen LogP contribution in [-0.4, -0.2) is 6.04 Å². The van der Waals surface area contributed by atoms with Gasteiger partial charge >= 0.3 is 0 Å². The fourth-order valence-corrected chi connectivity index (χ4v) is 2.72. The summed E-state index contributed by atoms with van der Waals surface area (Å²) in [6.07, 6.45) is 7.84. The minimum absolute atomic E-state index is 0.700. The molecular weight excluding hydrogens is 206 g/mol. The first-order valence-electron chi connectivity index (χ1n) is 7.13. The van der Waals surface area contributed by atoms with Crippen LogP contribution in [0.25, 0.3) is 0 Å². The van der Waals surface area contributed by atoms with Crippen molar-refractivity contribution in [1.29, 1.82) is 0 Å². The monoisotopic (exact) mass is 231 g/mol. The van der Waals surface area contributed by atoms with Crippen molar-refractivity contribution < 1.29 is 0 Å². The Balaban J connectivity index is 1.85. The van der Waals surface area contributed by atoms with Crippen LogP contribution in [0, 0.1) is 5.92 Å². The Morgan fingerprint density at radius 3 is 2.53 bits per heavy atom. The summed E-state index contributed by atoms with van der Waals surface area (Å²) in [4.78, 5) is 0. The third-order valence-corrected chi connectivity index (χ3v) is 3.84. The first-order chi connectivity index (χ1) is 8.28. The Bertz CT molecular complexity index is 328. The minimum Gasteiger partial charge on any atom is -0.382 e. The van der Waals surface area contributed by atoms with E-state index in [1.165, 1.54) is 49.8 Å². The van der Waals surface area contributed by atoms with Crippen LogP contribution in [0.4, 0.5) is 5.69 Å². The number of aryl methyl sites for hydroxylation is 1. The maximum Gasteiger partial charge on any atom is 0.0342 e. The third-order valence-electron chi connectivity index (χ3n) is 3.84. The number of unbranched alkanes of at least 4 members (excludes halogenated alkanes) is 1. The quantitative estimate of drug-likeness (QED) is 0.779. The maximum absolute atomic E-state index is 3.65. The fourth-order valence-electron chi connectivity index (χ4n) is 2.72. The molecule has 0 aromatic heterocycles. The van der Waals surface area contributed by atoms with Crippen LogP contribution in [0.15, 0.2) is 24.3 Å². The molecule has 1 aromatic carbocycles. The molecule has 1 aliphatic carbocycles. The van der Waals surface area contributed by atoms with Crippen molar-refractivity contribution in [2.45, 2.75) is 58.4 Å². The summed E-state index contributed by atoms with van der Waals surface area (Å²) in [6.45, 7) is 4.60. The molecule has 17 heavy (non-hydrogen) atoms. The standard InChI is InChI=1S/C16H25N/c1-3-4-5-14-7-10-15(11-8-14)17-16-9-6-13(2)12-16/h7-8,10-11,13,16-17H,3-6,9,12H2,1-2H3. The molecule has 1 N–H and O–H groups in total. The van der Waals surface area contributed by atoms with E-state index in [0.29, 0.717) is 6.04 Å². The van der Waals surface area contributed by atoms with Crippen LogP contribution in [0.5, 0.6) is 0 Å². The van der Waals surface area contributed by atoms with Crippen LogP contribution in [0.2, 0.25) is 0 Å². The molecule has 1 saturated carbocycles. The predicted octanol–water partition coefficient (Wildman–Crippen LogP) is 4.63. The molecule has 2 atom stereocenters. The van der Waals surface area contributed by atoms with Crippen molar-refractivity contribution >= 4 is 5.69 Å². The van der Waals surface area contributed by atoms with Gasteiger partial charge in [-0.15, -0.1) is 0 Å². The summed E-state index contributed by atoms with van der Waals surface area (Å²) in [5, 5.41) is 3.65. The smallest absolute Gasteiger partial charge is 0.0342 e. The molecule has 0 spiro atoms. The molecule has 0 radical (unpaired) electrons. The highest BCUT2D eigenvalue weighted by Gasteiger charge is 2.20. The molecule has 2 rings (SSSR count). The number of hydrogen-bond donors (Lipinski definition) is 1. The van der Waals surface area contributed by atoms with Crippen LogP contribution >= 0.6 is 0 Å². The highest BCUT2D eigenvalue weighted by molar-refractivity contribution is 5.45. The normalized spacial score (nSPS) is 23.9. The number of hydrogen-bond acceptors (Lipinski definition) is 1. The van der Waals surface area contributed by atoms with E-state index in [4.69, 9.17) is 0 Å². The second-order valence-corrected chi connectivity index (χ2v) is 5.56. The number of nitrogens with one attached hydrogen (secondary N) is 1. The lowest BCUT2D eigenvalue weighted by molar-refractivity contribution is 0.602. The second-order valence-electron chi connectivity index (χ2n) is 5.56. The van der Waals surface area contributed by atoms with E-state index in [9.17, 15) is 0 Å². The van der Waals surface area contributed by atoms with Gasteiger partial charge in [0.2, 0.25) is 0 Å². The van der Waals surface area contributed by atoms with Crippen molar-refractivity contribution in [2.75, 3.05) is 5.32 Å². The largest absolute Gasteiger partial charge is 0.382 e. The van der Waals surface area contributed by atoms with Gasteiger partial charge in [0.05, 0.1) is 0 Å². The van der Waals surface area contributed by atoms with Gasteiger partial charge in [-0.2, -0.15) is 0 Å². The highest BCUT2D eigenvalue weighted by Crippen LogP contribution is 2.27. The zero-order valence-corrected chi connectivity index (χ0v) is 11.2. The Labute approximate surface area is 106 Å². The van der Waals surface area contributed by atoms with Crippen molar-refractivity contribution in [1.82, 2.24) is 0 Å². The van der Waals surface area contributed by atoms with E-state index >= 15 is 0 Å². The highest BCUT2D eigenvalue weighted by atomic mass is 14.9. The number of benzene rings is 1. The minimum atomic E-state index is 0.700. The van der Waals surface area contributed by atoms with E-state index in [1.807, 2.05) is 0 Å². The van der Waals surface area contributed by atoms with Crippen molar-refractivity contribution in [3.05, 3.63) is 29.8 Å². The van der Waals surface area contributed by atoms with Gasteiger partial charge in [-0.05, 0) is 55.7 Å². The molecule has 1 aromatic rings. The molecule has 0 heterocycles. The van der Waals surface area contributed by atoms with E-state index in [0.717, 1.165) is 5.92 Å². The van der Waals surface area contributed by atoms with Gasteiger partial charge in [0.1, 0.15) is 0 Å². The summed E-state index contributed by atoms with van der Waals surface area (Å²) >= 11 is 0. The Kier molecular flexibility index (Phi) is 4.47. The summed E-state index contributed by atoms with van der Waals surface area (Å²) in [7, 11) is 0. The third kappa shape index (κ3) is 3.76. The van der Waals surface area contributed by atoms with Crippen molar-refractivity contribution in [3.8, 4) is 0 Å². The fraction of sp³-hybridized carbons (Fsp3) is 0.625. The molecular formula is C16H25N.